The van der Waals surface area contributed by atoms with E-state index in [1.54, 1.807) is 13.0 Å². The number of rotatable bonds is 10. The lowest BCUT2D eigenvalue weighted by Crippen LogP contribution is -2.66. The highest BCUT2D eigenvalue weighted by Crippen LogP contribution is 2.38. The largest absolute Gasteiger partial charge is 0.407 e. The fourth-order valence-electron chi connectivity index (χ4n) is 5.39. The lowest BCUT2D eigenvalue weighted by molar-refractivity contribution is -0.153. The topological polar surface area (TPSA) is 68.2 Å². The minimum Gasteiger partial charge on any atom is -0.407 e. The number of benzene rings is 2. The standard InChI is InChI=1S/C30H44O5Si/c1-22(20-23(2)31)21-26(32)28-27(34-30(6,7)35-28)18-19-33-36(29(3,4)5,24-14-10-8-11-15-24)25-16-12-9-13-17-25/h8-17,21,23,26-28,31-32H,18-20H2,1-7H3/b22-21-/t23-,26?,27+,28-/m1/s1. The van der Waals surface area contributed by atoms with E-state index < -0.39 is 32.4 Å². The Kier molecular flexibility index (Phi) is 9.36. The molecule has 2 aromatic carbocycles. The molecule has 1 saturated heterocycles. The van der Waals surface area contributed by atoms with Crippen molar-refractivity contribution in [2.45, 2.75) is 96.5 Å². The maximum absolute atomic E-state index is 11.0. The van der Waals surface area contributed by atoms with Crippen molar-refractivity contribution in [2.24, 2.45) is 0 Å². The summed E-state index contributed by atoms with van der Waals surface area (Å²) in [6, 6.07) is 21.2. The Hall–Kier alpha value is -1.80. The minimum atomic E-state index is -2.65. The molecule has 0 aromatic heterocycles. The van der Waals surface area contributed by atoms with E-state index in [1.807, 2.05) is 32.9 Å². The molecule has 5 nitrogen and oxygen atoms in total. The Bertz CT molecular complexity index is 942. The van der Waals surface area contributed by atoms with Crippen LogP contribution in [0.5, 0.6) is 0 Å². The summed E-state index contributed by atoms with van der Waals surface area (Å²) >= 11 is 0. The molecule has 0 aliphatic carbocycles. The maximum atomic E-state index is 11.0. The highest BCUT2D eigenvalue weighted by atomic mass is 28.4. The number of aliphatic hydroxyl groups excluding tert-OH is 2. The first-order valence-corrected chi connectivity index (χ1v) is 14.9. The average molecular weight is 513 g/mol. The highest BCUT2D eigenvalue weighted by Gasteiger charge is 2.51. The van der Waals surface area contributed by atoms with E-state index in [2.05, 4.69) is 69.3 Å². The third kappa shape index (κ3) is 6.74. The fraction of sp³-hybridized carbons (Fsp3) is 0.533. The molecular weight excluding hydrogens is 468 g/mol. The van der Waals surface area contributed by atoms with Gasteiger partial charge >= 0.3 is 0 Å². The third-order valence-corrected chi connectivity index (χ3v) is 11.8. The molecule has 1 heterocycles. The van der Waals surface area contributed by atoms with E-state index in [4.69, 9.17) is 13.9 Å². The van der Waals surface area contributed by atoms with Gasteiger partial charge in [0.2, 0.25) is 0 Å². The first-order chi connectivity index (χ1) is 16.9. The zero-order valence-corrected chi connectivity index (χ0v) is 23.9. The van der Waals surface area contributed by atoms with Crippen molar-refractivity contribution in [3.8, 4) is 0 Å². The van der Waals surface area contributed by atoms with Crippen molar-refractivity contribution in [1.82, 2.24) is 0 Å². The molecule has 3 rings (SSSR count). The van der Waals surface area contributed by atoms with Crippen LogP contribution in [0.2, 0.25) is 5.04 Å². The molecule has 198 valence electrons. The zero-order chi connectivity index (χ0) is 26.6. The first-order valence-electron chi connectivity index (χ1n) is 13.0. The smallest absolute Gasteiger partial charge is 0.261 e. The van der Waals surface area contributed by atoms with Crippen molar-refractivity contribution in [3.63, 3.8) is 0 Å². The molecule has 1 fully saturated rings. The summed E-state index contributed by atoms with van der Waals surface area (Å²) in [6.07, 6.45) is 0.771. The van der Waals surface area contributed by atoms with Gasteiger partial charge in [0.05, 0.1) is 12.2 Å². The van der Waals surface area contributed by atoms with E-state index >= 15 is 0 Å². The normalized spacial score (nSPS) is 22.4. The summed E-state index contributed by atoms with van der Waals surface area (Å²) in [5, 5.41) is 23.0. The second kappa shape index (κ2) is 11.7. The molecule has 2 N–H and O–H groups in total. The Labute approximate surface area is 218 Å². The molecule has 2 aromatic rings. The van der Waals surface area contributed by atoms with Crippen LogP contribution in [-0.2, 0) is 13.9 Å². The number of hydrogen-bond acceptors (Lipinski definition) is 5. The molecule has 36 heavy (non-hydrogen) atoms. The number of hydrogen-bond donors (Lipinski definition) is 2. The van der Waals surface area contributed by atoms with Crippen LogP contribution in [0, 0.1) is 0 Å². The predicted molar refractivity (Wildman–Crippen MR) is 148 cm³/mol. The van der Waals surface area contributed by atoms with Crippen molar-refractivity contribution in [2.75, 3.05) is 6.61 Å². The zero-order valence-electron chi connectivity index (χ0n) is 22.9. The van der Waals surface area contributed by atoms with Gasteiger partial charge in [-0.1, -0.05) is 93.1 Å². The quantitative estimate of drug-likeness (QED) is 0.361. The SMILES string of the molecule is C/C(=C/C(O)[C@H]1OC(C)(C)O[C@H]1CCO[Si](c1ccccc1)(c1ccccc1)C(C)(C)C)C[C@@H](C)O. The fourth-order valence-corrected chi connectivity index (χ4v) is 9.97. The maximum Gasteiger partial charge on any atom is 0.261 e. The third-order valence-electron chi connectivity index (χ3n) is 6.77. The van der Waals surface area contributed by atoms with Crippen molar-refractivity contribution < 1.29 is 24.1 Å². The molecule has 6 heteroatoms. The van der Waals surface area contributed by atoms with Gasteiger partial charge in [0.1, 0.15) is 12.2 Å². The minimum absolute atomic E-state index is 0.109. The van der Waals surface area contributed by atoms with Crippen molar-refractivity contribution in [1.29, 1.82) is 0 Å². The van der Waals surface area contributed by atoms with E-state index in [-0.39, 0.29) is 11.1 Å². The summed E-state index contributed by atoms with van der Waals surface area (Å²) in [5.74, 6) is -0.792. The Morgan fingerprint density at radius 3 is 2.00 bits per heavy atom. The Balaban J connectivity index is 1.86. The van der Waals surface area contributed by atoms with Crippen LogP contribution < -0.4 is 10.4 Å². The van der Waals surface area contributed by atoms with Gasteiger partial charge in [-0.3, -0.25) is 0 Å². The molecule has 0 radical (unpaired) electrons. The molecule has 0 bridgehead atoms. The van der Waals surface area contributed by atoms with Gasteiger partial charge in [0, 0.05) is 6.61 Å². The van der Waals surface area contributed by atoms with Crippen LogP contribution in [0.3, 0.4) is 0 Å². The summed E-state index contributed by atoms with van der Waals surface area (Å²) in [4.78, 5) is 0. The van der Waals surface area contributed by atoms with Crippen LogP contribution in [0.4, 0.5) is 0 Å². The molecule has 0 amide bonds. The van der Waals surface area contributed by atoms with E-state index in [1.165, 1.54) is 10.4 Å². The van der Waals surface area contributed by atoms with Gasteiger partial charge in [0.25, 0.3) is 8.32 Å². The summed E-state index contributed by atoms with van der Waals surface area (Å²) in [7, 11) is -2.65. The van der Waals surface area contributed by atoms with Gasteiger partial charge < -0.3 is 24.1 Å². The molecule has 0 saturated carbocycles. The molecule has 0 spiro atoms. The Morgan fingerprint density at radius 1 is 1.00 bits per heavy atom. The Morgan fingerprint density at radius 2 is 1.53 bits per heavy atom. The summed E-state index contributed by atoms with van der Waals surface area (Å²) in [6.45, 7) is 14.7. The van der Waals surface area contributed by atoms with Crippen molar-refractivity contribution in [3.05, 3.63) is 72.3 Å². The van der Waals surface area contributed by atoms with Gasteiger partial charge in [0.15, 0.2) is 5.79 Å². The summed E-state index contributed by atoms with van der Waals surface area (Å²) in [5.41, 5.74) is 0.924. The van der Waals surface area contributed by atoms with Crippen LogP contribution in [0.15, 0.2) is 72.3 Å². The molecular formula is C30H44O5Si. The van der Waals surface area contributed by atoms with Crippen LogP contribution >= 0.6 is 0 Å². The van der Waals surface area contributed by atoms with E-state index in [0.717, 1.165) is 5.57 Å². The average Bonchev–Trinajstić information content (AvgIpc) is 3.11. The molecule has 1 aliphatic heterocycles. The number of aliphatic hydroxyl groups is 2. The van der Waals surface area contributed by atoms with Crippen LogP contribution in [-0.4, -0.2) is 55.3 Å². The first kappa shape index (κ1) is 28.8. The van der Waals surface area contributed by atoms with Gasteiger partial charge in [-0.05, 0) is 55.9 Å². The van der Waals surface area contributed by atoms with Crippen LogP contribution in [0.25, 0.3) is 0 Å². The van der Waals surface area contributed by atoms with Gasteiger partial charge in [-0.2, -0.15) is 0 Å². The highest BCUT2D eigenvalue weighted by molar-refractivity contribution is 6.99. The van der Waals surface area contributed by atoms with Gasteiger partial charge in [-0.15, -0.1) is 0 Å². The monoisotopic (exact) mass is 512 g/mol. The lowest BCUT2D eigenvalue weighted by atomic mass is 10.0. The molecule has 1 unspecified atom stereocenters. The predicted octanol–water partition coefficient (Wildman–Crippen LogP) is 4.55. The van der Waals surface area contributed by atoms with E-state index in [9.17, 15) is 10.2 Å². The lowest BCUT2D eigenvalue weighted by Gasteiger charge is -2.43. The molecule has 4 atom stereocenters. The van der Waals surface area contributed by atoms with E-state index in [0.29, 0.717) is 19.4 Å². The van der Waals surface area contributed by atoms with Crippen molar-refractivity contribution >= 4 is 18.7 Å². The van der Waals surface area contributed by atoms with Gasteiger partial charge in [-0.25, -0.2) is 0 Å². The second-order valence-corrected chi connectivity index (χ2v) is 15.8. The summed E-state index contributed by atoms with van der Waals surface area (Å²) < 4.78 is 19.4. The number of ether oxygens (including phenoxy) is 2. The second-order valence-electron chi connectivity index (χ2n) is 11.5. The molecule has 1 aliphatic rings. The van der Waals surface area contributed by atoms with Crippen LogP contribution in [0.1, 0.15) is 61.3 Å².